The Labute approximate surface area is 502 Å². The second-order valence-electron chi connectivity index (χ2n) is 23.1. The second-order valence-corrected chi connectivity index (χ2v) is 23.1. The highest BCUT2D eigenvalue weighted by Gasteiger charge is 2.19. The largest absolute Gasteiger partial charge is 0.462 e. The number of allylic oxidation sites excluding steroid dienone is 16. The fraction of sp³-hybridized carbons (Fsp3) is 0.747. The number of carbonyl (C=O) groups is 3. The summed E-state index contributed by atoms with van der Waals surface area (Å²) < 4.78 is 17.0. The van der Waals surface area contributed by atoms with Crippen molar-refractivity contribution in [2.24, 2.45) is 0 Å². The highest BCUT2D eigenvalue weighted by molar-refractivity contribution is 5.71. The molecule has 0 spiro atoms. The minimum atomic E-state index is -0.787. The zero-order valence-electron chi connectivity index (χ0n) is 53.5. The third-order valence-corrected chi connectivity index (χ3v) is 15.1. The van der Waals surface area contributed by atoms with Crippen LogP contribution in [0.3, 0.4) is 0 Å². The van der Waals surface area contributed by atoms with Crippen LogP contribution in [0.25, 0.3) is 0 Å². The van der Waals surface area contributed by atoms with Crippen molar-refractivity contribution in [2.75, 3.05) is 13.2 Å². The first-order valence-electron chi connectivity index (χ1n) is 34.7. The van der Waals surface area contributed by atoms with Crippen LogP contribution in [0.1, 0.15) is 342 Å². The van der Waals surface area contributed by atoms with Gasteiger partial charge >= 0.3 is 17.9 Å². The van der Waals surface area contributed by atoms with Crippen LogP contribution in [0, 0.1) is 0 Å². The van der Waals surface area contributed by atoms with Crippen LogP contribution in [-0.2, 0) is 28.6 Å². The fourth-order valence-electron chi connectivity index (χ4n) is 9.93. The third-order valence-electron chi connectivity index (χ3n) is 15.1. The van der Waals surface area contributed by atoms with Gasteiger partial charge in [-0.05, 0) is 83.5 Å². The van der Waals surface area contributed by atoms with Gasteiger partial charge in [-0.3, -0.25) is 14.4 Å². The SMILES string of the molecule is CC/C=C\C/C=C\C/C=C\C/C=C\C/C=C\C/C=C\C/C=C\C/C=C\CCCCCCC(=O)OCC(COC(=O)CCCCCCCCCCCCCCCC)OC(=O)CCCCCCCCCCCCCCCCCCCCCC. The maximum absolute atomic E-state index is 12.9. The normalized spacial score (nSPS) is 12.7. The Morgan fingerprint density at radius 1 is 0.259 bits per heavy atom. The molecule has 0 aliphatic carbocycles. The lowest BCUT2D eigenvalue weighted by molar-refractivity contribution is -0.167. The lowest BCUT2D eigenvalue weighted by Gasteiger charge is -2.18. The molecule has 0 saturated carbocycles. The number of unbranched alkanes of at least 4 members (excludes halogenated alkanes) is 36. The van der Waals surface area contributed by atoms with Crippen LogP contribution < -0.4 is 0 Å². The predicted molar refractivity (Wildman–Crippen MR) is 353 cm³/mol. The average Bonchev–Trinajstić information content (AvgIpc) is 3.47. The molecule has 81 heavy (non-hydrogen) atoms. The van der Waals surface area contributed by atoms with Crippen LogP contribution in [0.4, 0.5) is 0 Å². The molecule has 0 fully saturated rings. The Hall–Kier alpha value is -3.67. The molecule has 0 aromatic carbocycles. The van der Waals surface area contributed by atoms with Gasteiger partial charge in [-0.25, -0.2) is 0 Å². The number of rotatable bonds is 63. The molecule has 0 rings (SSSR count). The predicted octanol–water partition coefficient (Wildman–Crippen LogP) is 24.0. The number of hydrogen-bond donors (Lipinski definition) is 0. The van der Waals surface area contributed by atoms with E-state index in [1.807, 2.05) is 0 Å². The summed E-state index contributed by atoms with van der Waals surface area (Å²) in [6.45, 7) is 6.55. The molecule has 466 valence electrons. The van der Waals surface area contributed by atoms with Gasteiger partial charge in [0, 0.05) is 19.3 Å². The summed E-state index contributed by atoms with van der Waals surface area (Å²) in [5, 5.41) is 0. The fourth-order valence-corrected chi connectivity index (χ4v) is 9.93. The quantitative estimate of drug-likeness (QED) is 0.0261. The number of ether oxygens (including phenoxy) is 3. The van der Waals surface area contributed by atoms with E-state index in [4.69, 9.17) is 14.2 Å². The van der Waals surface area contributed by atoms with E-state index in [0.29, 0.717) is 19.3 Å². The van der Waals surface area contributed by atoms with Gasteiger partial charge in [0.15, 0.2) is 6.10 Å². The summed E-state index contributed by atoms with van der Waals surface area (Å²) in [5.41, 5.74) is 0. The minimum absolute atomic E-state index is 0.0809. The van der Waals surface area contributed by atoms with E-state index < -0.39 is 6.10 Å². The van der Waals surface area contributed by atoms with Crippen LogP contribution >= 0.6 is 0 Å². The second kappa shape index (κ2) is 68.8. The summed E-state index contributed by atoms with van der Waals surface area (Å²) in [6, 6.07) is 0. The Balaban J connectivity index is 4.36. The molecule has 0 radical (unpaired) electrons. The standard InChI is InChI=1S/C75H130O6/c1-4-7-10-13-16-19-22-25-28-30-32-34-35-36-37-38-39-40-41-42-44-45-47-50-53-56-59-62-65-68-74(77)80-71-72(70-79-73(76)67-64-61-58-55-52-49-27-24-21-18-15-12-9-6-3)81-75(78)69-66-63-60-57-54-51-48-46-43-33-31-29-26-23-20-17-14-11-8-5-2/h7,10,16,19,25,28,32,34,36-37,39-40,42,44,47,50,72H,4-6,8-9,11-15,17-18,20-24,26-27,29-31,33,35,38,41,43,45-46,48-49,51-71H2,1-3H3/b10-7-,19-16-,28-25-,34-32-,37-36-,40-39-,44-42-,50-47-. The Morgan fingerprint density at radius 3 is 0.753 bits per heavy atom. The van der Waals surface area contributed by atoms with Crippen LogP contribution in [0.5, 0.6) is 0 Å². The van der Waals surface area contributed by atoms with Gasteiger partial charge in [-0.15, -0.1) is 0 Å². The molecule has 0 aromatic heterocycles. The summed E-state index contributed by atoms with van der Waals surface area (Å²) in [6.07, 6.45) is 92.8. The van der Waals surface area contributed by atoms with Crippen molar-refractivity contribution in [3.05, 3.63) is 97.2 Å². The molecular weight excluding hydrogens is 997 g/mol. The molecule has 0 amide bonds. The lowest BCUT2D eigenvalue weighted by Crippen LogP contribution is -2.30. The van der Waals surface area contributed by atoms with E-state index in [9.17, 15) is 14.4 Å². The van der Waals surface area contributed by atoms with E-state index in [0.717, 1.165) is 122 Å². The zero-order chi connectivity index (χ0) is 58.5. The van der Waals surface area contributed by atoms with Crippen LogP contribution in [0.15, 0.2) is 97.2 Å². The molecule has 1 atom stereocenters. The molecular formula is C75H130O6. The summed E-state index contributed by atoms with van der Waals surface area (Å²) >= 11 is 0. The van der Waals surface area contributed by atoms with E-state index in [2.05, 4.69) is 118 Å². The highest BCUT2D eigenvalue weighted by atomic mass is 16.6. The van der Waals surface area contributed by atoms with Crippen LogP contribution in [0.2, 0.25) is 0 Å². The van der Waals surface area contributed by atoms with E-state index in [1.165, 1.54) is 180 Å². The molecule has 0 aliphatic heterocycles. The summed E-state index contributed by atoms with van der Waals surface area (Å²) in [7, 11) is 0. The van der Waals surface area contributed by atoms with Gasteiger partial charge in [0.05, 0.1) is 0 Å². The van der Waals surface area contributed by atoms with Crippen molar-refractivity contribution in [2.45, 2.75) is 348 Å². The van der Waals surface area contributed by atoms with Gasteiger partial charge < -0.3 is 14.2 Å². The monoisotopic (exact) mass is 1130 g/mol. The molecule has 0 aromatic rings. The van der Waals surface area contributed by atoms with Crippen molar-refractivity contribution in [1.82, 2.24) is 0 Å². The van der Waals surface area contributed by atoms with Gasteiger partial charge in [0.2, 0.25) is 0 Å². The Kier molecular flexibility index (Phi) is 65.7. The number of hydrogen-bond acceptors (Lipinski definition) is 6. The van der Waals surface area contributed by atoms with Gasteiger partial charge in [-0.1, -0.05) is 336 Å². The maximum atomic E-state index is 12.9. The van der Waals surface area contributed by atoms with Crippen molar-refractivity contribution in [3.63, 3.8) is 0 Å². The minimum Gasteiger partial charge on any atom is -0.462 e. The molecule has 6 nitrogen and oxygen atoms in total. The molecule has 0 heterocycles. The van der Waals surface area contributed by atoms with Crippen molar-refractivity contribution in [3.8, 4) is 0 Å². The molecule has 0 aliphatic rings. The summed E-state index contributed by atoms with van der Waals surface area (Å²) in [5.74, 6) is -0.888. The first-order valence-corrected chi connectivity index (χ1v) is 34.7. The van der Waals surface area contributed by atoms with Crippen molar-refractivity contribution >= 4 is 17.9 Å². The zero-order valence-corrected chi connectivity index (χ0v) is 53.5. The maximum Gasteiger partial charge on any atom is 0.306 e. The highest BCUT2D eigenvalue weighted by Crippen LogP contribution is 2.17. The smallest absolute Gasteiger partial charge is 0.306 e. The Bertz CT molecular complexity index is 1580. The third kappa shape index (κ3) is 67.0. The molecule has 1 unspecified atom stereocenters. The molecule has 0 saturated heterocycles. The van der Waals surface area contributed by atoms with E-state index in [1.54, 1.807) is 0 Å². The molecule has 6 heteroatoms. The Morgan fingerprint density at radius 2 is 0.481 bits per heavy atom. The van der Waals surface area contributed by atoms with Gasteiger partial charge in [-0.2, -0.15) is 0 Å². The van der Waals surface area contributed by atoms with Crippen LogP contribution in [-0.4, -0.2) is 37.2 Å². The van der Waals surface area contributed by atoms with E-state index >= 15 is 0 Å². The van der Waals surface area contributed by atoms with Gasteiger partial charge in [0.25, 0.3) is 0 Å². The topological polar surface area (TPSA) is 78.9 Å². The average molecular weight is 1130 g/mol. The first kappa shape index (κ1) is 77.3. The molecule has 0 bridgehead atoms. The van der Waals surface area contributed by atoms with Crippen molar-refractivity contribution in [1.29, 1.82) is 0 Å². The number of carbonyl (C=O) groups excluding carboxylic acids is 3. The van der Waals surface area contributed by atoms with Crippen molar-refractivity contribution < 1.29 is 28.6 Å². The number of esters is 3. The van der Waals surface area contributed by atoms with E-state index in [-0.39, 0.29) is 31.1 Å². The van der Waals surface area contributed by atoms with Gasteiger partial charge in [0.1, 0.15) is 13.2 Å². The first-order chi connectivity index (χ1) is 40.0. The lowest BCUT2D eigenvalue weighted by atomic mass is 10.0. The molecule has 0 N–H and O–H groups in total. The summed E-state index contributed by atoms with van der Waals surface area (Å²) in [4.78, 5) is 38.4.